The zero-order valence-electron chi connectivity index (χ0n) is 25.6. The van der Waals surface area contributed by atoms with E-state index in [1.165, 1.54) is 31.2 Å². The van der Waals surface area contributed by atoms with Crippen LogP contribution in [0.15, 0.2) is 43.0 Å². The standard InChI is InChI=1S/C33H43N7O3/c1-32(2,3)43-31(41)39(18-24-8-9-24)28-5-4-12-38(19-28)27-10-11-30(35-17-27)33(21-42-22-33)40-20-29(36-37-40)26-14-25(15-34-16-26)13-23-6-7-23/h10-11,14-17,20,23-24,28H,4-9,12-13,18-19,21-22H2,1-3H3/t28-/m1/s1. The average molecular weight is 586 g/mol. The number of hydrogen-bond donors (Lipinski definition) is 0. The fourth-order valence-corrected chi connectivity index (χ4v) is 6.26. The molecule has 0 aromatic carbocycles. The van der Waals surface area contributed by atoms with Crippen molar-refractivity contribution in [3.05, 3.63) is 54.2 Å². The summed E-state index contributed by atoms with van der Waals surface area (Å²) in [5.74, 6) is 1.41. The molecule has 0 N–H and O–H groups in total. The summed E-state index contributed by atoms with van der Waals surface area (Å²) in [6, 6.07) is 6.56. The molecule has 1 amide bonds. The largest absolute Gasteiger partial charge is 0.444 e. The van der Waals surface area contributed by atoms with Crippen molar-refractivity contribution in [3.63, 3.8) is 0 Å². The predicted molar refractivity (Wildman–Crippen MR) is 163 cm³/mol. The third kappa shape index (κ3) is 6.25. The van der Waals surface area contributed by atoms with E-state index in [4.69, 9.17) is 14.5 Å². The van der Waals surface area contributed by atoms with Gasteiger partial charge < -0.3 is 19.3 Å². The first kappa shape index (κ1) is 28.3. The van der Waals surface area contributed by atoms with Crippen LogP contribution in [0, 0.1) is 11.8 Å². The second kappa shape index (κ2) is 11.2. The topological polar surface area (TPSA) is 98.5 Å². The predicted octanol–water partition coefficient (Wildman–Crippen LogP) is 5.08. The normalized spacial score (nSPS) is 21.7. The van der Waals surface area contributed by atoms with E-state index >= 15 is 0 Å². The van der Waals surface area contributed by atoms with E-state index < -0.39 is 11.1 Å². The minimum atomic E-state index is -0.504. The Bertz CT molecular complexity index is 1440. The van der Waals surface area contributed by atoms with Gasteiger partial charge in [0.25, 0.3) is 0 Å². The van der Waals surface area contributed by atoms with Gasteiger partial charge in [-0.05, 0) is 101 Å². The zero-order valence-corrected chi connectivity index (χ0v) is 25.6. The van der Waals surface area contributed by atoms with Gasteiger partial charge in [-0.25, -0.2) is 9.48 Å². The minimum absolute atomic E-state index is 0.126. The molecule has 1 atom stereocenters. The van der Waals surface area contributed by atoms with Crippen LogP contribution in [0.3, 0.4) is 0 Å². The van der Waals surface area contributed by atoms with Gasteiger partial charge in [0.05, 0.1) is 43.0 Å². The third-order valence-corrected chi connectivity index (χ3v) is 9.13. The Morgan fingerprint density at radius 1 is 1.09 bits per heavy atom. The van der Waals surface area contributed by atoms with E-state index in [1.54, 1.807) is 0 Å². The van der Waals surface area contributed by atoms with Crippen molar-refractivity contribution in [1.29, 1.82) is 0 Å². The van der Waals surface area contributed by atoms with Crippen molar-refractivity contribution >= 4 is 11.8 Å². The van der Waals surface area contributed by atoms with Crippen LogP contribution < -0.4 is 4.90 Å². The van der Waals surface area contributed by atoms with Crippen LogP contribution in [0.25, 0.3) is 11.3 Å². The maximum Gasteiger partial charge on any atom is 0.410 e. The van der Waals surface area contributed by atoms with Crippen LogP contribution in [0.1, 0.15) is 70.6 Å². The fourth-order valence-electron chi connectivity index (χ4n) is 6.26. The Kier molecular flexibility index (Phi) is 7.35. The Morgan fingerprint density at radius 2 is 1.91 bits per heavy atom. The summed E-state index contributed by atoms with van der Waals surface area (Å²) in [5.41, 5.74) is 4.06. The molecule has 0 bridgehead atoms. The SMILES string of the molecule is CC(C)(C)OC(=O)N(CC1CC1)[C@@H]1CCCN(c2ccc(C3(n4cc(-c5cncc(CC6CC6)c5)nn4)COC3)nc2)C1. The molecular formula is C33H43N7O3. The van der Waals surface area contributed by atoms with Crippen LogP contribution in [0.2, 0.25) is 0 Å². The van der Waals surface area contributed by atoms with Gasteiger partial charge in [-0.15, -0.1) is 5.10 Å². The van der Waals surface area contributed by atoms with Crippen LogP contribution in [-0.4, -0.2) is 80.4 Å². The van der Waals surface area contributed by atoms with Gasteiger partial charge in [-0.3, -0.25) is 9.97 Å². The highest BCUT2D eigenvalue weighted by atomic mass is 16.6. The Morgan fingerprint density at radius 3 is 2.58 bits per heavy atom. The molecule has 3 aromatic heterocycles. The second-order valence-electron chi connectivity index (χ2n) is 14.0. The summed E-state index contributed by atoms with van der Waals surface area (Å²) in [4.78, 5) is 27.0. The molecule has 0 spiro atoms. The maximum atomic E-state index is 13.2. The quantitative estimate of drug-likeness (QED) is 0.343. The van der Waals surface area contributed by atoms with Gasteiger partial charge in [0.1, 0.15) is 11.3 Å². The molecule has 5 heterocycles. The lowest BCUT2D eigenvalue weighted by Gasteiger charge is -2.42. The molecule has 4 aliphatic rings. The van der Waals surface area contributed by atoms with Crippen molar-refractivity contribution < 1.29 is 14.3 Å². The smallest absolute Gasteiger partial charge is 0.410 e. The van der Waals surface area contributed by atoms with Crippen LogP contribution in [0.5, 0.6) is 0 Å². The van der Waals surface area contributed by atoms with Gasteiger partial charge in [0.15, 0.2) is 5.54 Å². The number of carbonyl (C=O) groups is 1. The van der Waals surface area contributed by atoms with Crippen molar-refractivity contribution in [2.45, 2.75) is 82.9 Å². The number of ether oxygens (including phenoxy) is 2. The first-order valence-electron chi connectivity index (χ1n) is 15.9. The molecule has 2 saturated carbocycles. The van der Waals surface area contributed by atoms with Crippen LogP contribution in [0.4, 0.5) is 10.5 Å². The molecule has 4 fully saturated rings. The van der Waals surface area contributed by atoms with Crippen LogP contribution >= 0.6 is 0 Å². The first-order chi connectivity index (χ1) is 20.8. The lowest BCUT2D eigenvalue weighted by Crippen LogP contribution is -2.53. The van der Waals surface area contributed by atoms with Gasteiger partial charge in [-0.2, -0.15) is 0 Å². The van der Waals surface area contributed by atoms with E-state index in [2.05, 4.69) is 38.4 Å². The number of nitrogens with zero attached hydrogens (tertiary/aromatic N) is 7. The summed E-state index contributed by atoms with van der Waals surface area (Å²) >= 11 is 0. The summed E-state index contributed by atoms with van der Waals surface area (Å²) in [5, 5.41) is 9.05. The minimum Gasteiger partial charge on any atom is -0.444 e. The van der Waals surface area contributed by atoms with E-state index in [1.807, 2.05) is 55.1 Å². The number of carbonyl (C=O) groups excluding carboxylic acids is 1. The molecule has 2 aliphatic heterocycles. The number of rotatable bonds is 9. The molecule has 2 saturated heterocycles. The number of anilines is 1. The number of piperidine rings is 1. The van der Waals surface area contributed by atoms with Crippen molar-refractivity contribution in [2.75, 3.05) is 37.7 Å². The maximum absolute atomic E-state index is 13.2. The zero-order chi connectivity index (χ0) is 29.6. The van der Waals surface area contributed by atoms with Gasteiger partial charge in [0, 0.05) is 37.6 Å². The molecule has 0 radical (unpaired) electrons. The summed E-state index contributed by atoms with van der Waals surface area (Å²) < 4.78 is 13.4. The van der Waals surface area contributed by atoms with Gasteiger partial charge >= 0.3 is 6.09 Å². The summed E-state index contributed by atoms with van der Waals surface area (Å²) in [6.07, 6.45) is 15.7. The fraction of sp³-hybridized carbons (Fsp3) is 0.606. The summed E-state index contributed by atoms with van der Waals surface area (Å²) in [6.45, 7) is 9.31. The molecule has 10 heteroatoms. The van der Waals surface area contributed by atoms with E-state index in [-0.39, 0.29) is 12.1 Å². The Labute approximate surface area is 253 Å². The second-order valence-corrected chi connectivity index (χ2v) is 14.0. The molecule has 3 aromatic rings. The third-order valence-electron chi connectivity index (χ3n) is 9.13. The van der Waals surface area contributed by atoms with Crippen LogP contribution in [-0.2, 0) is 21.4 Å². The highest BCUT2D eigenvalue weighted by Gasteiger charge is 2.45. The monoisotopic (exact) mass is 585 g/mol. The number of amides is 1. The Balaban J connectivity index is 1.06. The van der Waals surface area contributed by atoms with Crippen molar-refractivity contribution in [2.24, 2.45) is 11.8 Å². The molecule has 43 heavy (non-hydrogen) atoms. The lowest BCUT2D eigenvalue weighted by atomic mass is 9.92. The van der Waals surface area contributed by atoms with Crippen molar-refractivity contribution in [3.8, 4) is 11.3 Å². The first-order valence-corrected chi connectivity index (χ1v) is 15.9. The Hall–Kier alpha value is -3.53. The molecule has 7 rings (SSSR count). The van der Waals surface area contributed by atoms with Gasteiger partial charge in [-0.1, -0.05) is 5.21 Å². The number of aromatic nitrogens is 5. The molecule has 10 nitrogen and oxygen atoms in total. The highest BCUT2D eigenvalue weighted by molar-refractivity contribution is 5.69. The van der Waals surface area contributed by atoms with E-state index in [0.717, 1.165) is 67.5 Å². The molecule has 2 aliphatic carbocycles. The van der Waals surface area contributed by atoms with E-state index in [0.29, 0.717) is 19.1 Å². The molecule has 228 valence electrons. The average Bonchev–Trinajstić information content (AvgIpc) is 3.90. The number of hydrogen-bond acceptors (Lipinski definition) is 8. The van der Waals surface area contributed by atoms with Crippen molar-refractivity contribution in [1.82, 2.24) is 29.9 Å². The molecule has 0 unspecified atom stereocenters. The van der Waals surface area contributed by atoms with E-state index in [9.17, 15) is 4.79 Å². The summed E-state index contributed by atoms with van der Waals surface area (Å²) in [7, 11) is 0. The lowest BCUT2D eigenvalue weighted by molar-refractivity contribution is -0.0851. The number of pyridine rings is 2. The molecular weight excluding hydrogens is 542 g/mol. The highest BCUT2D eigenvalue weighted by Crippen LogP contribution is 2.36. The van der Waals surface area contributed by atoms with Gasteiger partial charge in [0.2, 0.25) is 0 Å².